The van der Waals surface area contributed by atoms with Crippen molar-refractivity contribution in [2.24, 2.45) is 0 Å². The zero-order valence-corrected chi connectivity index (χ0v) is 20.6. The number of pyridine rings is 1. The second kappa shape index (κ2) is 10.9. The maximum Gasteiger partial charge on any atom is 0.294 e. The van der Waals surface area contributed by atoms with Crippen molar-refractivity contribution in [2.75, 3.05) is 11.9 Å². The Balaban J connectivity index is 1.33. The summed E-state index contributed by atoms with van der Waals surface area (Å²) in [5.74, 6) is -0.0458. The monoisotopic (exact) mass is 492 g/mol. The Hall–Kier alpha value is -4.72. The maximum atomic E-state index is 13.4. The maximum absolute atomic E-state index is 13.4. The van der Waals surface area contributed by atoms with E-state index in [0.29, 0.717) is 18.8 Å². The van der Waals surface area contributed by atoms with Crippen LogP contribution in [-0.4, -0.2) is 32.0 Å². The van der Waals surface area contributed by atoms with E-state index in [1.54, 1.807) is 6.20 Å². The molecule has 0 saturated heterocycles. The number of H-pyrrole nitrogens is 1. The highest BCUT2D eigenvalue weighted by molar-refractivity contribution is 5.80. The van der Waals surface area contributed by atoms with Crippen LogP contribution in [0.15, 0.2) is 90.0 Å². The average molecular weight is 493 g/mol. The van der Waals surface area contributed by atoms with Gasteiger partial charge in [0, 0.05) is 35.0 Å². The number of aromatic amines is 1. The van der Waals surface area contributed by atoms with Crippen LogP contribution in [0.25, 0.3) is 22.2 Å². The number of anilines is 1. The summed E-state index contributed by atoms with van der Waals surface area (Å²) in [4.78, 5) is 38.4. The molecule has 0 atom stereocenters. The fraction of sp³-hybridized carbons (Fsp3) is 0.172. The van der Waals surface area contributed by atoms with E-state index in [4.69, 9.17) is 0 Å². The van der Waals surface area contributed by atoms with E-state index in [1.807, 2.05) is 85.9 Å². The van der Waals surface area contributed by atoms with Gasteiger partial charge in [-0.3, -0.25) is 19.1 Å². The second-order valence-electron chi connectivity index (χ2n) is 8.90. The molecule has 0 unspecified atom stereocenters. The summed E-state index contributed by atoms with van der Waals surface area (Å²) in [5.41, 5.74) is 4.98. The van der Waals surface area contributed by atoms with Crippen LogP contribution >= 0.6 is 0 Å². The molecule has 2 aromatic carbocycles. The van der Waals surface area contributed by atoms with Gasteiger partial charge in [-0.1, -0.05) is 60.7 Å². The van der Waals surface area contributed by atoms with Crippen molar-refractivity contribution in [3.05, 3.63) is 112 Å². The lowest BCUT2D eigenvalue weighted by atomic mass is 10.1. The predicted octanol–water partition coefficient (Wildman–Crippen LogP) is 4.07. The van der Waals surface area contributed by atoms with E-state index < -0.39 is 0 Å². The summed E-state index contributed by atoms with van der Waals surface area (Å²) < 4.78 is 1.47. The van der Waals surface area contributed by atoms with Crippen LogP contribution in [0.1, 0.15) is 17.0 Å². The van der Waals surface area contributed by atoms with Crippen molar-refractivity contribution in [2.45, 2.75) is 26.4 Å². The van der Waals surface area contributed by atoms with Gasteiger partial charge >= 0.3 is 0 Å². The molecule has 1 amide bonds. The van der Waals surface area contributed by atoms with E-state index >= 15 is 0 Å². The Morgan fingerprint density at radius 2 is 1.73 bits per heavy atom. The summed E-state index contributed by atoms with van der Waals surface area (Å²) in [6.45, 7) is 2.68. The van der Waals surface area contributed by atoms with Gasteiger partial charge in [-0.25, -0.2) is 4.98 Å². The molecule has 0 aliphatic carbocycles. The number of nitrogens with one attached hydrogen (secondary N) is 3. The SMILES string of the molecule is Cc1cc2[nH]c(CNC(=O)Cn3c(-c4ccccc4)cnc(NCCc4ccccc4)c3=O)cc2cn1. The lowest BCUT2D eigenvalue weighted by Gasteiger charge is -2.15. The van der Waals surface area contributed by atoms with Crippen LogP contribution < -0.4 is 16.2 Å². The number of aromatic nitrogens is 4. The van der Waals surface area contributed by atoms with Gasteiger partial charge in [0.25, 0.3) is 5.56 Å². The number of hydrogen-bond acceptors (Lipinski definition) is 5. The molecule has 186 valence electrons. The first-order chi connectivity index (χ1) is 18.1. The molecule has 8 heteroatoms. The van der Waals surface area contributed by atoms with Crippen molar-refractivity contribution in [1.82, 2.24) is 24.8 Å². The Morgan fingerprint density at radius 3 is 2.51 bits per heavy atom. The van der Waals surface area contributed by atoms with Crippen LogP contribution in [0.5, 0.6) is 0 Å². The molecule has 0 spiro atoms. The van der Waals surface area contributed by atoms with Crippen molar-refractivity contribution in [1.29, 1.82) is 0 Å². The number of carbonyl (C=O) groups is 1. The quantitative estimate of drug-likeness (QED) is 0.288. The molecule has 5 aromatic rings. The van der Waals surface area contributed by atoms with Gasteiger partial charge in [-0.2, -0.15) is 0 Å². The zero-order valence-electron chi connectivity index (χ0n) is 20.6. The van der Waals surface area contributed by atoms with Crippen LogP contribution in [0.3, 0.4) is 0 Å². The van der Waals surface area contributed by atoms with Gasteiger partial charge < -0.3 is 15.6 Å². The van der Waals surface area contributed by atoms with E-state index in [9.17, 15) is 9.59 Å². The third-order valence-electron chi connectivity index (χ3n) is 6.15. The van der Waals surface area contributed by atoms with Gasteiger partial charge in [0.1, 0.15) is 6.54 Å². The summed E-state index contributed by atoms with van der Waals surface area (Å²) in [6, 6.07) is 23.4. The third-order valence-corrected chi connectivity index (χ3v) is 6.15. The third kappa shape index (κ3) is 5.75. The number of amides is 1. The van der Waals surface area contributed by atoms with E-state index in [2.05, 4.69) is 25.6 Å². The van der Waals surface area contributed by atoms with Gasteiger partial charge in [-0.05, 0) is 36.6 Å². The number of aryl methyl sites for hydroxylation is 1. The molecule has 3 aromatic heterocycles. The predicted molar refractivity (Wildman–Crippen MR) is 145 cm³/mol. The second-order valence-corrected chi connectivity index (χ2v) is 8.90. The van der Waals surface area contributed by atoms with Crippen LogP contribution in [0.4, 0.5) is 5.82 Å². The molecule has 37 heavy (non-hydrogen) atoms. The Labute approximate surface area is 214 Å². The van der Waals surface area contributed by atoms with E-state index in [1.165, 1.54) is 10.1 Å². The molecule has 0 aliphatic heterocycles. The van der Waals surface area contributed by atoms with Crippen LogP contribution in [-0.2, 0) is 24.3 Å². The molecule has 0 bridgehead atoms. The molecule has 3 heterocycles. The molecule has 0 aliphatic rings. The highest BCUT2D eigenvalue weighted by atomic mass is 16.2. The number of fused-ring (bicyclic) bond motifs is 1. The molecule has 0 radical (unpaired) electrons. The standard InChI is InChI=1S/C29H28N6O2/c1-20-14-25-23(16-31-20)15-24(34-25)17-32-27(36)19-35-26(22-10-6-3-7-11-22)18-33-28(29(35)37)30-13-12-21-8-4-2-5-9-21/h2-11,14-16,18,34H,12-13,17,19H2,1H3,(H,30,33)(H,32,36). The first-order valence-electron chi connectivity index (χ1n) is 12.2. The number of benzene rings is 2. The van der Waals surface area contributed by atoms with E-state index in [0.717, 1.165) is 34.3 Å². The fourth-order valence-electron chi connectivity index (χ4n) is 4.25. The molecule has 8 nitrogen and oxygen atoms in total. The molecule has 3 N–H and O–H groups in total. The minimum Gasteiger partial charge on any atom is -0.365 e. The van der Waals surface area contributed by atoms with Gasteiger partial charge in [0.2, 0.25) is 5.91 Å². The minimum atomic E-state index is -0.336. The smallest absolute Gasteiger partial charge is 0.294 e. The topological polar surface area (TPSA) is 105 Å². The highest BCUT2D eigenvalue weighted by Gasteiger charge is 2.15. The van der Waals surface area contributed by atoms with Crippen molar-refractivity contribution >= 4 is 22.6 Å². The first kappa shape index (κ1) is 24.0. The number of hydrogen-bond donors (Lipinski definition) is 3. The summed E-state index contributed by atoms with van der Waals surface area (Å²) in [6.07, 6.45) is 4.20. The van der Waals surface area contributed by atoms with Crippen molar-refractivity contribution in [3.8, 4) is 11.3 Å². The molecular weight excluding hydrogens is 464 g/mol. The van der Waals surface area contributed by atoms with Crippen LogP contribution in [0.2, 0.25) is 0 Å². The summed E-state index contributed by atoms with van der Waals surface area (Å²) in [5, 5.41) is 7.05. The summed E-state index contributed by atoms with van der Waals surface area (Å²) in [7, 11) is 0. The molecule has 0 fully saturated rings. The number of nitrogens with zero attached hydrogens (tertiary/aromatic N) is 3. The lowest BCUT2D eigenvalue weighted by molar-refractivity contribution is -0.121. The fourth-order valence-corrected chi connectivity index (χ4v) is 4.25. The van der Waals surface area contributed by atoms with Crippen LogP contribution in [0, 0.1) is 6.92 Å². The van der Waals surface area contributed by atoms with Gasteiger partial charge in [0.15, 0.2) is 5.82 Å². The Morgan fingerprint density at radius 1 is 0.973 bits per heavy atom. The molecular formula is C29H28N6O2. The first-order valence-corrected chi connectivity index (χ1v) is 12.2. The largest absolute Gasteiger partial charge is 0.365 e. The lowest BCUT2D eigenvalue weighted by Crippen LogP contribution is -2.34. The Bertz CT molecular complexity index is 1580. The van der Waals surface area contributed by atoms with Gasteiger partial charge in [0.05, 0.1) is 18.4 Å². The van der Waals surface area contributed by atoms with Crippen molar-refractivity contribution in [3.63, 3.8) is 0 Å². The number of rotatable bonds is 9. The normalized spacial score (nSPS) is 10.9. The van der Waals surface area contributed by atoms with Gasteiger partial charge in [-0.15, -0.1) is 0 Å². The Kier molecular flexibility index (Phi) is 7.07. The highest BCUT2D eigenvalue weighted by Crippen LogP contribution is 2.18. The zero-order chi connectivity index (χ0) is 25.6. The number of carbonyl (C=O) groups excluding carboxylic acids is 1. The molecule has 5 rings (SSSR count). The average Bonchev–Trinajstić information content (AvgIpc) is 3.33. The molecule has 0 saturated carbocycles. The minimum absolute atomic E-state index is 0.125. The van der Waals surface area contributed by atoms with Crippen molar-refractivity contribution < 1.29 is 4.79 Å². The van der Waals surface area contributed by atoms with E-state index in [-0.39, 0.29) is 23.8 Å². The summed E-state index contributed by atoms with van der Waals surface area (Å²) >= 11 is 0.